The van der Waals surface area contributed by atoms with Crippen molar-refractivity contribution in [3.05, 3.63) is 0 Å². The van der Waals surface area contributed by atoms with Gasteiger partial charge in [0.15, 0.2) is 0 Å². The Balaban J connectivity index is 2.12. The molecule has 0 spiro atoms. The molecule has 1 saturated heterocycles. The van der Waals surface area contributed by atoms with Gasteiger partial charge in [-0.1, -0.05) is 0 Å². The minimum absolute atomic E-state index is 0.987. The van der Waals surface area contributed by atoms with Crippen LogP contribution in [0.4, 0.5) is 0 Å². The summed E-state index contributed by atoms with van der Waals surface area (Å²) in [6.07, 6.45) is 2.84. The van der Waals surface area contributed by atoms with Crippen LogP contribution in [0.25, 0.3) is 0 Å². The Morgan fingerprint density at radius 1 is 1.57 bits per heavy atom. The predicted molar refractivity (Wildman–Crippen MR) is 34.4 cm³/mol. The molecule has 42 valence electrons. The van der Waals surface area contributed by atoms with Crippen molar-refractivity contribution in [3.8, 4) is 0 Å². The van der Waals surface area contributed by atoms with E-state index in [-0.39, 0.29) is 0 Å². The van der Waals surface area contributed by atoms with Gasteiger partial charge >= 0.3 is 52.8 Å². The fourth-order valence-corrected chi connectivity index (χ4v) is 1.72. The molecule has 1 fully saturated rings. The van der Waals surface area contributed by atoms with Gasteiger partial charge in [-0.2, -0.15) is 0 Å². The molecule has 1 N–H and O–H groups in total. The summed E-state index contributed by atoms with van der Waals surface area (Å²) in [5.41, 5.74) is 0. The first-order valence-electron chi connectivity index (χ1n) is 2.86. The van der Waals surface area contributed by atoms with Crippen LogP contribution in [0.1, 0.15) is 12.8 Å². The Kier molecular flexibility index (Phi) is 2.21. The third kappa shape index (κ3) is 1.83. The molecule has 1 aliphatic heterocycles. The molecule has 2 unspecified atom stereocenters. The van der Waals surface area contributed by atoms with E-state index in [2.05, 4.69) is 5.32 Å². The van der Waals surface area contributed by atoms with Crippen LogP contribution in [0.3, 0.4) is 0 Å². The molecule has 0 radical (unpaired) electrons. The van der Waals surface area contributed by atoms with Crippen LogP contribution in [0, 0.1) is 0 Å². The molecular weight excluding hydrogens is 149 g/mol. The van der Waals surface area contributed by atoms with Crippen molar-refractivity contribution in [2.45, 2.75) is 17.5 Å². The second kappa shape index (κ2) is 2.74. The van der Waals surface area contributed by atoms with Crippen LogP contribution in [0.2, 0.25) is 4.71 Å². The van der Waals surface area contributed by atoms with Crippen LogP contribution in [-0.4, -0.2) is 29.9 Å². The summed E-state index contributed by atoms with van der Waals surface area (Å²) in [7, 11) is 0. The van der Waals surface area contributed by atoms with E-state index in [1.54, 1.807) is 0 Å². The molecule has 1 nitrogen and oxygen atoms in total. The van der Waals surface area contributed by atoms with Gasteiger partial charge in [0.25, 0.3) is 0 Å². The fourth-order valence-electron chi connectivity index (χ4n) is 0.879. The summed E-state index contributed by atoms with van der Waals surface area (Å²) in [5.74, 6) is 0. The van der Waals surface area contributed by atoms with E-state index in [1.165, 1.54) is 25.9 Å². The molecule has 1 rings (SSSR count). The van der Waals surface area contributed by atoms with E-state index in [0.29, 0.717) is 0 Å². The Bertz CT molecular complexity index is 50.0. The van der Waals surface area contributed by atoms with Crippen molar-refractivity contribution in [2.75, 3.05) is 13.1 Å². The molecule has 7 heavy (non-hydrogen) atoms. The van der Waals surface area contributed by atoms with Crippen LogP contribution < -0.4 is 5.32 Å². The zero-order chi connectivity index (χ0) is 5.11. The standard InChI is InChI=1S/C5H12AsN/c6-5-2-1-3-7-4-5/h5,7H,1-4,6H2. The van der Waals surface area contributed by atoms with E-state index in [0.717, 1.165) is 4.71 Å². The molecule has 0 aliphatic carbocycles. The SMILES string of the molecule is [AsH2]C1CCCNC1. The second-order valence-corrected chi connectivity index (χ2v) is 4.08. The van der Waals surface area contributed by atoms with Crippen LogP contribution in [0.5, 0.6) is 0 Å². The number of hydrogen-bond acceptors (Lipinski definition) is 1. The van der Waals surface area contributed by atoms with Crippen molar-refractivity contribution < 1.29 is 0 Å². The average Bonchev–Trinajstić information content (AvgIpc) is 1.69. The first-order chi connectivity index (χ1) is 3.39. The van der Waals surface area contributed by atoms with Crippen molar-refractivity contribution in [1.29, 1.82) is 0 Å². The van der Waals surface area contributed by atoms with Crippen molar-refractivity contribution in [1.82, 2.24) is 5.32 Å². The summed E-state index contributed by atoms with van der Waals surface area (Å²) in [5, 5.41) is 3.35. The third-order valence-electron chi connectivity index (χ3n) is 1.33. The molecule has 0 aromatic rings. The molecule has 2 heteroatoms. The van der Waals surface area contributed by atoms with Gasteiger partial charge in [-0.15, -0.1) is 0 Å². The molecule has 2 atom stereocenters. The van der Waals surface area contributed by atoms with Gasteiger partial charge < -0.3 is 0 Å². The Morgan fingerprint density at radius 3 is 2.71 bits per heavy atom. The quantitative estimate of drug-likeness (QED) is 0.485. The van der Waals surface area contributed by atoms with E-state index in [4.69, 9.17) is 0 Å². The average molecular weight is 161 g/mol. The molecule has 0 saturated carbocycles. The number of hydrogen-bond donors (Lipinski definition) is 1. The van der Waals surface area contributed by atoms with Crippen molar-refractivity contribution in [3.63, 3.8) is 0 Å². The second-order valence-electron chi connectivity index (χ2n) is 2.11. The predicted octanol–water partition coefficient (Wildman–Crippen LogP) is -0.209. The molecule has 1 aliphatic rings. The van der Waals surface area contributed by atoms with Crippen LogP contribution in [-0.2, 0) is 0 Å². The maximum atomic E-state index is 3.35. The zero-order valence-corrected chi connectivity index (χ0v) is 6.91. The monoisotopic (exact) mass is 161 g/mol. The van der Waals surface area contributed by atoms with Gasteiger partial charge in [0.2, 0.25) is 0 Å². The van der Waals surface area contributed by atoms with Crippen molar-refractivity contribution >= 4 is 16.9 Å². The third-order valence-corrected chi connectivity index (χ3v) is 2.53. The van der Waals surface area contributed by atoms with Gasteiger partial charge in [-0.25, -0.2) is 0 Å². The fraction of sp³-hybridized carbons (Fsp3) is 1.00. The summed E-state index contributed by atoms with van der Waals surface area (Å²) in [6.45, 7) is 2.51. The Hall–Kier alpha value is 0.518. The van der Waals surface area contributed by atoms with E-state index < -0.39 is 0 Å². The van der Waals surface area contributed by atoms with Crippen molar-refractivity contribution in [2.24, 2.45) is 0 Å². The van der Waals surface area contributed by atoms with Crippen LogP contribution in [0.15, 0.2) is 0 Å². The molecule has 0 aromatic carbocycles. The summed E-state index contributed by atoms with van der Waals surface area (Å²) < 4.78 is 0.987. The van der Waals surface area contributed by atoms with E-state index >= 15 is 0 Å². The van der Waals surface area contributed by atoms with Gasteiger partial charge in [-0.3, -0.25) is 0 Å². The molecule has 0 bridgehead atoms. The van der Waals surface area contributed by atoms with Crippen LogP contribution >= 0.6 is 0 Å². The molecule has 1 heterocycles. The minimum atomic E-state index is 0.987. The molecular formula is C5H12AsN. The summed E-state index contributed by atoms with van der Waals surface area (Å²) in [4.78, 5) is 0. The van der Waals surface area contributed by atoms with Gasteiger partial charge in [0, 0.05) is 0 Å². The zero-order valence-electron chi connectivity index (χ0n) is 4.48. The first kappa shape index (κ1) is 5.65. The summed E-state index contributed by atoms with van der Waals surface area (Å²) >= 11 is 1.89. The summed E-state index contributed by atoms with van der Waals surface area (Å²) in [6, 6.07) is 0. The Labute approximate surface area is 53.4 Å². The topological polar surface area (TPSA) is 12.0 Å². The Morgan fingerprint density at radius 2 is 2.43 bits per heavy atom. The first-order valence-corrected chi connectivity index (χ1v) is 4.26. The number of piperidine rings is 1. The van der Waals surface area contributed by atoms with E-state index in [9.17, 15) is 0 Å². The van der Waals surface area contributed by atoms with E-state index in [1.807, 2.05) is 16.9 Å². The maximum absolute atomic E-state index is 3.35. The molecule has 0 amide bonds. The van der Waals surface area contributed by atoms with Gasteiger partial charge in [0.1, 0.15) is 0 Å². The van der Waals surface area contributed by atoms with Gasteiger partial charge in [-0.05, 0) is 0 Å². The number of nitrogens with one attached hydrogen (secondary N) is 1. The number of rotatable bonds is 0. The normalized spacial score (nSPS) is 33.0. The molecule has 0 aromatic heterocycles. The van der Waals surface area contributed by atoms with Gasteiger partial charge in [0.05, 0.1) is 0 Å².